The molecule has 3 rings (SSSR count). The standard InChI is InChI=1S/C25H30N4O4/c1-6-20(26-17-9-11-18(12-10-17)29(5)22(30)15-28(3)4)23-19-13-8-16(25(32)33-7-2)14-21(19)27-24(23)31/h8-14,23H,6-7,15H2,1-5H3,(H,27,31). The van der Waals surface area contributed by atoms with E-state index in [1.54, 1.807) is 37.1 Å². The highest BCUT2D eigenvalue weighted by molar-refractivity contribution is 6.19. The molecule has 1 heterocycles. The van der Waals surface area contributed by atoms with E-state index in [0.717, 1.165) is 17.0 Å². The number of fused-ring (bicyclic) bond motifs is 1. The second kappa shape index (κ2) is 10.4. The van der Waals surface area contributed by atoms with Crippen LogP contribution < -0.4 is 10.2 Å². The van der Waals surface area contributed by atoms with Crippen LogP contribution in [-0.2, 0) is 14.3 Å². The number of carbonyl (C=O) groups is 3. The second-order valence-corrected chi connectivity index (χ2v) is 8.11. The fourth-order valence-electron chi connectivity index (χ4n) is 3.72. The van der Waals surface area contributed by atoms with Gasteiger partial charge in [-0.1, -0.05) is 13.0 Å². The number of amides is 2. The first-order valence-electron chi connectivity index (χ1n) is 11.0. The van der Waals surface area contributed by atoms with E-state index < -0.39 is 11.9 Å². The number of carbonyl (C=O) groups excluding carboxylic acids is 3. The third-order valence-corrected chi connectivity index (χ3v) is 5.43. The van der Waals surface area contributed by atoms with Gasteiger partial charge in [0, 0.05) is 24.1 Å². The van der Waals surface area contributed by atoms with Gasteiger partial charge in [-0.2, -0.15) is 0 Å². The molecule has 0 fully saturated rings. The molecule has 0 spiro atoms. The smallest absolute Gasteiger partial charge is 0.338 e. The maximum absolute atomic E-state index is 12.8. The van der Waals surface area contributed by atoms with Crippen LogP contribution in [0.25, 0.3) is 0 Å². The Kier molecular flexibility index (Phi) is 7.60. The number of ether oxygens (including phenoxy) is 1. The molecule has 1 atom stereocenters. The van der Waals surface area contributed by atoms with E-state index in [4.69, 9.17) is 9.73 Å². The zero-order valence-corrected chi connectivity index (χ0v) is 19.7. The molecule has 2 amide bonds. The lowest BCUT2D eigenvalue weighted by atomic mass is 9.93. The summed E-state index contributed by atoms with van der Waals surface area (Å²) in [6.07, 6.45) is 0.583. The van der Waals surface area contributed by atoms with Gasteiger partial charge in [-0.3, -0.25) is 14.6 Å². The van der Waals surface area contributed by atoms with Gasteiger partial charge in [0.1, 0.15) is 5.92 Å². The lowest BCUT2D eigenvalue weighted by molar-refractivity contribution is -0.119. The van der Waals surface area contributed by atoms with Crippen LogP contribution in [0.15, 0.2) is 47.5 Å². The minimum atomic E-state index is -0.523. The Hall–Kier alpha value is -3.52. The highest BCUT2D eigenvalue weighted by Gasteiger charge is 2.34. The zero-order chi connectivity index (χ0) is 24.1. The summed E-state index contributed by atoms with van der Waals surface area (Å²) < 4.78 is 5.05. The number of hydrogen-bond acceptors (Lipinski definition) is 6. The summed E-state index contributed by atoms with van der Waals surface area (Å²) in [4.78, 5) is 45.3. The van der Waals surface area contributed by atoms with E-state index in [0.29, 0.717) is 29.9 Å². The topological polar surface area (TPSA) is 91.3 Å². The molecule has 1 aliphatic rings. The molecule has 0 radical (unpaired) electrons. The molecule has 1 aliphatic heterocycles. The molecule has 0 bridgehead atoms. The zero-order valence-electron chi connectivity index (χ0n) is 19.7. The maximum atomic E-state index is 12.8. The Morgan fingerprint density at radius 2 is 1.76 bits per heavy atom. The predicted octanol–water partition coefficient (Wildman–Crippen LogP) is 3.61. The largest absolute Gasteiger partial charge is 0.462 e. The number of nitrogens with zero attached hydrogens (tertiary/aromatic N) is 3. The van der Waals surface area contributed by atoms with Crippen molar-refractivity contribution < 1.29 is 19.1 Å². The molecule has 2 aromatic rings. The van der Waals surface area contributed by atoms with Crippen LogP contribution in [0.1, 0.15) is 42.1 Å². The minimum Gasteiger partial charge on any atom is -0.462 e. The molecule has 0 saturated carbocycles. The van der Waals surface area contributed by atoms with Crippen LogP contribution in [0, 0.1) is 0 Å². The summed E-state index contributed by atoms with van der Waals surface area (Å²) in [6, 6.07) is 12.5. The number of esters is 1. The van der Waals surface area contributed by atoms with Gasteiger partial charge in [0.15, 0.2) is 0 Å². The Balaban J connectivity index is 1.83. The van der Waals surface area contributed by atoms with E-state index in [9.17, 15) is 14.4 Å². The van der Waals surface area contributed by atoms with Crippen LogP contribution in [0.5, 0.6) is 0 Å². The van der Waals surface area contributed by atoms with Gasteiger partial charge in [-0.25, -0.2) is 4.79 Å². The Morgan fingerprint density at radius 1 is 1.06 bits per heavy atom. The van der Waals surface area contributed by atoms with Gasteiger partial charge >= 0.3 is 5.97 Å². The summed E-state index contributed by atoms with van der Waals surface area (Å²) >= 11 is 0. The fourth-order valence-corrected chi connectivity index (χ4v) is 3.72. The third-order valence-electron chi connectivity index (χ3n) is 5.43. The van der Waals surface area contributed by atoms with Crippen molar-refractivity contribution in [2.75, 3.05) is 44.5 Å². The van der Waals surface area contributed by atoms with Crippen molar-refractivity contribution in [1.82, 2.24) is 4.90 Å². The van der Waals surface area contributed by atoms with Gasteiger partial charge in [0.05, 0.1) is 24.4 Å². The number of benzene rings is 2. The molecule has 8 heteroatoms. The van der Waals surface area contributed by atoms with E-state index in [2.05, 4.69) is 5.32 Å². The fraction of sp³-hybridized carbons (Fsp3) is 0.360. The molecule has 1 unspecified atom stereocenters. The SMILES string of the molecule is CCOC(=O)c1ccc2c(c1)NC(=O)C2C(CC)=Nc1ccc(N(C)C(=O)CN(C)C)cc1. The van der Waals surface area contributed by atoms with Crippen LogP contribution in [0.2, 0.25) is 0 Å². The van der Waals surface area contributed by atoms with E-state index >= 15 is 0 Å². The monoisotopic (exact) mass is 450 g/mol. The number of likely N-dealkylation sites (N-methyl/N-ethyl adjacent to an activating group) is 2. The van der Waals surface area contributed by atoms with Gasteiger partial charge in [-0.05, 0) is 69.4 Å². The van der Waals surface area contributed by atoms with E-state index in [1.165, 1.54) is 0 Å². The molecular formula is C25H30N4O4. The molecule has 0 aliphatic carbocycles. The number of anilines is 2. The van der Waals surface area contributed by atoms with Crippen molar-refractivity contribution in [1.29, 1.82) is 0 Å². The van der Waals surface area contributed by atoms with Crippen molar-refractivity contribution in [3.8, 4) is 0 Å². The summed E-state index contributed by atoms with van der Waals surface area (Å²) in [6.45, 7) is 4.32. The van der Waals surface area contributed by atoms with Crippen LogP contribution in [-0.4, -0.2) is 62.7 Å². The summed E-state index contributed by atoms with van der Waals surface area (Å²) in [7, 11) is 5.45. The van der Waals surface area contributed by atoms with Crippen molar-refractivity contribution >= 4 is 40.6 Å². The first-order chi connectivity index (χ1) is 15.7. The molecule has 174 valence electrons. The summed E-state index contributed by atoms with van der Waals surface area (Å²) in [5.41, 5.74) is 3.99. The lowest BCUT2D eigenvalue weighted by Crippen LogP contribution is -2.34. The molecule has 2 aromatic carbocycles. The summed E-state index contributed by atoms with van der Waals surface area (Å²) in [5.74, 6) is -1.12. The number of rotatable bonds is 8. The number of nitrogens with one attached hydrogen (secondary N) is 1. The average Bonchev–Trinajstić information content (AvgIpc) is 3.11. The van der Waals surface area contributed by atoms with Crippen molar-refractivity contribution in [3.63, 3.8) is 0 Å². The molecule has 1 N–H and O–H groups in total. The van der Waals surface area contributed by atoms with Crippen molar-refractivity contribution in [2.24, 2.45) is 4.99 Å². The minimum absolute atomic E-state index is 0.00748. The first-order valence-corrected chi connectivity index (χ1v) is 11.0. The first kappa shape index (κ1) is 24.1. The van der Waals surface area contributed by atoms with Crippen molar-refractivity contribution in [2.45, 2.75) is 26.2 Å². The molecular weight excluding hydrogens is 420 g/mol. The summed E-state index contributed by atoms with van der Waals surface area (Å²) in [5, 5.41) is 2.86. The third kappa shape index (κ3) is 5.46. The second-order valence-electron chi connectivity index (χ2n) is 8.11. The predicted molar refractivity (Wildman–Crippen MR) is 130 cm³/mol. The average molecular weight is 451 g/mol. The number of hydrogen-bond donors (Lipinski definition) is 1. The molecule has 0 aromatic heterocycles. The molecule has 8 nitrogen and oxygen atoms in total. The van der Waals surface area contributed by atoms with Crippen LogP contribution in [0.3, 0.4) is 0 Å². The van der Waals surface area contributed by atoms with Gasteiger partial charge < -0.3 is 19.9 Å². The molecule has 33 heavy (non-hydrogen) atoms. The van der Waals surface area contributed by atoms with Crippen LogP contribution in [0.4, 0.5) is 17.1 Å². The maximum Gasteiger partial charge on any atom is 0.338 e. The van der Waals surface area contributed by atoms with Crippen molar-refractivity contribution in [3.05, 3.63) is 53.6 Å². The number of aliphatic imine (C=N–C) groups is 1. The Morgan fingerprint density at radius 3 is 2.36 bits per heavy atom. The van der Waals surface area contributed by atoms with Crippen LogP contribution >= 0.6 is 0 Å². The quantitative estimate of drug-likeness (QED) is 0.490. The Labute approximate surface area is 194 Å². The normalized spacial score (nSPS) is 15.3. The van der Waals surface area contributed by atoms with Gasteiger partial charge in [0.25, 0.3) is 0 Å². The highest BCUT2D eigenvalue weighted by atomic mass is 16.5. The molecule has 0 saturated heterocycles. The Bertz CT molecular complexity index is 1080. The highest BCUT2D eigenvalue weighted by Crippen LogP contribution is 2.36. The van der Waals surface area contributed by atoms with Gasteiger partial charge in [0.2, 0.25) is 11.8 Å². The lowest BCUT2D eigenvalue weighted by Gasteiger charge is -2.19. The van der Waals surface area contributed by atoms with Gasteiger partial charge in [-0.15, -0.1) is 0 Å². The van der Waals surface area contributed by atoms with E-state index in [-0.39, 0.29) is 18.4 Å². The van der Waals surface area contributed by atoms with E-state index in [1.807, 2.05) is 50.2 Å².